The Bertz CT molecular complexity index is 3550. The van der Waals surface area contributed by atoms with Crippen molar-refractivity contribution in [3.63, 3.8) is 0 Å². The van der Waals surface area contributed by atoms with E-state index >= 15 is 0 Å². The molecule has 0 unspecified atom stereocenters. The lowest BCUT2D eigenvalue weighted by atomic mass is 10.1. The minimum Gasteiger partial charge on any atom is -0.444 e. The number of alkyl carbamates (subject to hydrolysis) is 1. The van der Waals surface area contributed by atoms with Gasteiger partial charge in [-0.15, -0.1) is 0 Å². The molecule has 18 nitrogen and oxygen atoms in total. The van der Waals surface area contributed by atoms with Crippen LogP contribution < -0.4 is 21.7 Å². The van der Waals surface area contributed by atoms with Gasteiger partial charge in [-0.1, -0.05) is 84.9 Å². The number of nitrogens with two attached hydrogens (primary N) is 1. The predicted molar refractivity (Wildman–Crippen MR) is 276 cm³/mol. The standard InChI is InChI=1S/C29H31N5O5S.C24H23N5O3S/c1-29(2,3)39-28(36)30-15-16-40(37,38)27-25-31-17-24(34(25)18-23(33-27)19-7-5-4-6-8-19)20-9-11-21(12-10-20)26(35)32-22-13-14-22;25-12-13-33(31,32)24-22-26-14-21(29(22)15-20(28-24)16-4-2-1-3-5-16)17-6-8-18(9-7-17)23(30)27-19-10-11-19/h4-12,17-18,22H,13-16H2,1-3H3,(H,30,36)(H,32,35);1-9,14-15,19H,10-13,25H2,(H,27,30). The van der Waals surface area contributed by atoms with Crippen molar-refractivity contribution in [3.8, 4) is 45.0 Å². The van der Waals surface area contributed by atoms with Crippen molar-refractivity contribution in [1.29, 1.82) is 0 Å². The van der Waals surface area contributed by atoms with Crippen LogP contribution in [0.1, 0.15) is 67.2 Å². The normalized spacial score (nSPS) is 13.8. The minimum absolute atomic E-state index is 0.0102. The molecule has 4 heterocycles. The lowest BCUT2D eigenvalue weighted by molar-refractivity contribution is 0.0531. The lowest BCUT2D eigenvalue weighted by Gasteiger charge is -2.19. The van der Waals surface area contributed by atoms with E-state index in [4.69, 9.17) is 10.5 Å². The maximum atomic E-state index is 13.5. The Labute approximate surface area is 422 Å². The van der Waals surface area contributed by atoms with Crippen molar-refractivity contribution in [2.24, 2.45) is 5.73 Å². The number of hydrogen-bond acceptors (Lipinski definition) is 13. The topological polar surface area (TPSA) is 251 Å². The van der Waals surface area contributed by atoms with Crippen LogP contribution >= 0.6 is 0 Å². The molecule has 2 saturated carbocycles. The van der Waals surface area contributed by atoms with E-state index in [1.54, 1.807) is 78.6 Å². The fourth-order valence-corrected chi connectivity index (χ4v) is 10.2. The van der Waals surface area contributed by atoms with Gasteiger partial charge in [0.25, 0.3) is 11.8 Å². The van der Waals surface area contributed by atoms with Gasteiger partial charge in [0, 0.05) is 70.9 Å². The zero-order chi connectivity index (χ0) is 51.5. The molecule has 4 aromatic heterocycles. The second kappa shape index (κ2) is 20.7. The van der Waals surface area contributed by atoms with Crippen molar-refractivity contribution >= 4 is 48.9 Å². The number of carbonyl (C=O) groups is 3. The van der Waals surface area contributed by atoms with Gasteiger partial charge in [0.1, 0.15) is 5.60 Å². The Kier molecular flexibility index (Phi) is 14.2. The highest BCUT2D eigenvalue weighted by atomic mass is 32.2. The molecule has 2 aliphatic carbocycles. The van der Waals surface area contributed by atoms with Crippen molar-refractivity contribution < 1.29 is 36.0 Å². The van der Waals surface area contributed by atoms with Gasteiger partial charge < -0.3 is 26.4 Å². The summed E-state index contributed by atoms with van der Waals surface area (Å²) in [5.41, 5.74) is 11.8. The molecule has 4 aromatic carbocycles. The first-order valence-corrected chi connectivity index (χ1v) is 27.1. The number of nitrogens with one attached hydrogen (secondary N) is 3. The van der Waals surface area contributed by atoms with E-state index in [9.17, 15) is 31.2 Å². The smallest absolute Gasteiger partial charge is 0.407 e. The average Bonchev–Trinajstić information content (AvgIpc) is 4.29. The molecule has 2 aliphatic rings. The summed E-state index contributed by atoms with van der Waals surface area (Å²) in [6, 6.07) is 33.5. The van der Waals surface area contributed by atoms with E-state index in [0.29, 0.717) is 33.9 Å². The number of imidazole rings is 2. The van der Waals surface area contributed by atoms with Crippen molar-refractivity contribution in [2.75, 3.05) is 24.6 Å². The van der Waals surface area contributed by atoms with Crippen LogP contribution in [0.15, 0.2) is 144 Å². The summed E-state index contributed by atoms with van der Waals surface area (Å²) >= 11 is 0. The van der Waals surface area contributed by atoms with Gasteiger partial charge in [-0.2, -0.15) is 0 Å². The number of aromatic nitrogens is 6. The van der Waals surface area contributed by atoms with Crippen LogP contribution in [0.25, 0.3) is 56.3 Å². The molecule has 8 aromatic rings. The first kappa shape index (κ1) is 50.1. The van der Waals surface area contributed by atoms with Crippen LogP contribution in [-0.2, 0) is 24.4 Å². The van der Waals surface area contributed by atoms with Crippen LogP contribution in [-0.4, -0.2) is 106 Å². The van der Waals surface area contributed by atoms with E-state index in [-0.39, 0.29) is 69.8 Å². The third-order valence-corrected chi connectivity index (χ3v) is 15.0. The summed E-state index contributed by atoms with van der Waals surface area (Å²) in [6.45, 7) is 5.02. The highest BCUT2D eigenvalue weighted by Gasteiger charge is 2.28. The quantitative estimate of drug-likeness (QED) is 0.0813. The Morgan fingerprint density at radius 2 is 1.01 bits per heavy atom. The summed E-state index contributed by atoms with van der Waals surface area (Å²) < 4.78 is 61.5. The number of carbonyl (C=O) groups excluding carboxylic acids is 3. The third kappa shape index (κ3) is 11.9. The van der Waals surface area contributed by atoms with E-state index in [0.717, 1.165) is 47.9 Å². The van der Waals surface area contributed by atoms with Gasteiger partial charge in [-0.25, -0.2) is 41.6 Å². The van der Waals surface area contributed by atoms with E-state index in [2.05, 4.69) is 35.9 Å². The van der Waals surface area contributed by atoms with E-state index in [1.165, 1.54) is 0 Å². The number of rotatable bonds is 15. The highest BCUT2D eigenvalue weighted by molar-refractivity contribution is 7.91. The lowest BCUT2D eigenvalue weighted by Crippen LogP contribution is -2.35. The number of nitrogens with zero attached hydrogens (tertiary/aromatic N) is 6. The zero-order valence-corrected chi connectivity index (χ0v) is 42.0. The molecular formula is C53H54N10O8S2. The molecule has 5 N–H and O–H groups in total. The predicted octanol–water partition coefficient (Wildman–Crippen LogP) is 6.94. The summed E-state index contributed by atoms with van der Waals surface area (Å²) in [4.78, 5) is 54.5. The molecule has 0 bridgehead atoms. The summed E-state index contributed by atoms with van der Waals surface area (Å²) in [5.74, 6) is -0.815. The number of ether oxygens (including phenoxy) is 1. The number of sulfone groups is 2. The molecule has 376 valence electrons. The molecule has 0 saturated heterocycles. The Morgan fingerprint density at radius 3 is 1.40 bits per heavy atom. The minimum atomic E-state index is -3.97. The molecule has 0 spiro atoms. The Morgan fingerprint density at radius 1 is 0.603 bits per heavy atom. The van der Waals surface area contributed by atoms with Gasteiger partial charge in [-0.3, -0.25) is 18.4 Å². The van der Waals surface area contributed by atoms with Gasteiger partial charge in [0.05, 0.1) is 46.7 Å². The second-order valence-corrected chi connectivity index (χ2v) is 22.8. The number of amides is 3. The Balaban J connectivity index is 0.000000183. The number of fused-ring (bicyclic) bond motifs is 2. The first-order valence-electron chi connectivity index (χ1n) is 23.8. The zero-order valence-electron chi connectivity index (χ0n) is 40.4. The van der Waals surface area contributed by atoms with Gasteiger partial charge in [-0.05, 0) is 70.7 Å². The molecule has 10 rings (SSSR count). The molecule has 3 amide bonds. The van der Waals surface area contributed by atoms with Crippen molar-refractivity contribution in [3.05, 3.63) is 145 Å². The highest BCUT2D eigenvalue weighted by Crippen LogP contribution is 2.31. The largest absolute Gasteiger partial charge is 0.444 e. The average molecular weight is 1020 g/mol. The fraction of sp³-hybridized carbons (Fsp3) is 0.264. The second-order valence-electron chi connectivity index (χ2n) is 18.8. The third-order valence-electron chi connectivity index (χ3n) is 11.8. The fourth-order valence-electron chi connectivity index (χ4n) is 7.79. The number of hydrogen-bond donors (Lipinski definition) is 4. The van der Waals surface area contributed by atoms with Crippen molar-refractivity contribution in [1.82, 2.24) is 44.7 Å². The van der Waals surface area contributed by atoms with E-state index < -0.39 is 31.4 Å². The summed E-state index contributed by atoms with van der Waals surface area (Å²) in [6.07, 6.45) is 10.1. The molecule has 0 radical (unpaired) electrons. The maximum Gasteiger partial charge on any atom is 0.407 e. The molecule has 20 heteroatoms. The molecule has 73 heavy (non-hydrogen) atoms. The van der Waals surface area contributed by atoms with Gasteiger partial charge in [0.2, 0.25) is 19.7 Å². The van der Waals surface area contributed by atoms with Crippen molar-refractivity contribution in [2.45, 2.75) is 74.2 Å². The maximum absolute atomic E-state index is 13.5. The summed E-state index contributed by atoms with van der Waals surface area (Å²) in [7, 11) is -7.70. The van der Waals surface area contributed by atoms with Crippen LogP contribution in [0.2, 0.25) is 0 Å². The SMILES string of the molecule is CC(C)(C)OC(=O)NCCS(=O)(=O)c1nc(-c2ccccc2)cn2c(-c3ccc(C(=O)NC4CC4)cc3)cnc12.NCCS(=O)(=O)c1nc(-c2ccccc2)cn2c(-c3ccc(C(=O)NC4CC4)cc3)cnc12. The molecule has 0 atom stereocenters. The van der Waals surface area contributed by atoms with Gasteiger partial charge in [0.15, 0.2) is 21.3 Å². The monoisotopic (exact) mass is 1020 g/mol. The number of benzene rings is 4. The molecular weight excluding hydrogens is 969 g/mol. The van der Waals surface area contributed by atoms with E-state index in [1.807, 2.05) is 84.9 Å². The Hall–Kier alpha value is -7.81. The summed E-state index contributed by atoms with van der Waals surface area (Å²) in [5, 5.41) is 8.15. The van der Waals surface area contributed by atoms with Gasteiger partial charge >= 0.3 is 6.09 Å². The van der Waals surface area contributed by atoms with Crippen LogP contribution in [0, 0.1) is 0 Å². The molecule has 0 aliphatic heterocycles. The van der Waals surface area contributed by atoms with Crippen LogP contribution in [0.5, 0.6) is 0 Å². The molecule has 2 fully saturated rings. The first-order chi connectivity index (χ1) is 35.0. The van der Waals surface area contributed by atoms with Crippen LogP contribution in [0.4, 0.5) is 4.79 Å². The van der Waals surface area contributed by atoms with Crippen LogP contribution in [0.3, 0.4) is 0 Å².